The van der Waals surface area contributed by atoms with Crippen LogP contribution in [0.1, 0.15) is 43.0 Å². The third-order valence-corrected chi connectivity index (χ3v) is 5.06. The summed E-state index contributed by atoms with van der Waals surface area (Å²) in [7, 11) is 0. The number of nitrogens with one attached hydrogen (secondary N) is 1. The van der Waals surface area contributed by atoms with Crippen LogP contribution in [0.4, 0.5) is 0 Å². The molecule has 1 saturated heterocycles. The molecule has 104 valence electrons. The second-order valence-electron chi connectivity index (χ2n) is 6.12. The highest BCUT2D eigenvalue weighted by Gasteiger charge is 2.24. The van der Waals surface area contributed by atoms with E-state index < -0.39 is 0 Å². The lowest BCUT2D eigenvalue weighted by Gasteiger charge is -2.24. The molecule has 1 aromatic rings. The van der Waals surface area contributed by atoms with Crippen molar-refractivity contribution in [1.29, 1.82) is 5.26 Å². The maximum Gasteiger partial charge on any atom is 0.133 e. The van der Waals surface area contributed by atoms with Gasteiger partial charge in [0.25, 0.3) is 0 Å². The van der Waals surface area contributed by atoms with E-state index in [4.69, 9.17) is 0 Å². The standard InChI is InChI=1S/C15H23N3S/c1-15(2,3)14-6-5-13(19-14)12(11-16)18-9-4-7-17-8-10-18/h5-6,12,17H,4,7-10H2,1-3H3. The van der Waals surface area contributed by atoms with Crippen LogP contribution in [0, 0.1) is 11.3 Å². The minimum atomic E-state index is -0.0824. The molecular weight excluding hydrogens is 254 g/mol. The van der Waals surface area contributed by atoms with Crippen molar-refractivity contribution in [2.45, 2.75) is 38.6 Å². The van der Waals surface area contributed by atoms with Gasteiger partial charge in [-0.15, -0.1) is 11.3 Å². The Morgan fingerprint density at radius 3 is 2.74 bits per heavy atom. The molecule has 1 aliphatic heterocycles. The van der Waals surface area contributed by atoms with Crippen molar-refractivity contribution in [3.05, 3.63) is 21.9 Å². The molecule has 1 N–H and O–H groups in total. The van der Waals surface area contributed by atoms with Gasteiger partial charge in [-0.25, -0.2) is 0 Å². The second kappa shape index (κ2) is 6.04. The van der Waals surface area contributed by atoms with Crippen LogP contribution in [0.25, 0.3) is 0 Å². The fourth-order valence-corrected chi connectivity index (χ4v) is 3.50. The Morgan fingerprint density at radius 2 is 2.11 bits per heavy atom. The molecule has 0 aromatic carbocycles. The van der Waals surface area contributed by atoms with E-state index in [1.807, 2.05) is 0 Å². The Balaban J connectivity index is 2.17. The predicted molar refractivity (Wildman–Crippen MR) is 80.4 cm³/mol. The molecule has 0 spiro atoms. The van der Waals surface area contributed by atoms with E-state index >= 15 is 0 Å². The highest BCUT2D eigenvalue weighted by molar-refractivity contribution is 7.12. The summed E-state index contributed by atoms with van der Waals surface area (Å²) in [6.45, 7) is 10.7. The van der Waals surface area contributed by atoms with Gasteiger partial charge < -0.3 is 5.32 Å². The van der Waals surface area contributed by atoms with Crippen LogP contribution in [0.2, 0.25) is 0 Å². The fourth-order valence-electron chi connectivity index (χ4n) is 2.35. The molecule has 1 unspecified atom stereocenters. The zero-order valence-electron chi connectivity index (χ0n) is 12.1. The first-order chi connectivity index (χ1) is 9.02. The van der Waals surface area contributed by atoms with Gasteiger partial charge in [-0.3, -0.25) is 4.90 Å². The lowest BCUT2D eigenvalue weighted by atomic mass is 9.95. The molecule has 3 nitrogen and oxygen atoms in total. The molecule has 4 heteroatoms. The molecule has 0 saturated carbocycles. The van der Waals surface area contributed by atoms with Gasteiger partial charge in [-0.1, -0.05) is 20.8 Å². The first-order valence-corrected chi connectivity index (χ1v) is 7.78. The Morgan fingerprint density at radius 1 is 1.32 bits per heavy atom. The third kappa shape index (κ3) is 3.56. The summed E-state index contributed by atoms with van der Waals surface area (Å²) in [5.41, 5.74) is 0.170. The SMILES string of the molecule is CC(C)(C)c1ccc(C(C#N)N2CCCNCC2)s1. The van der Waals surface area contributed by atoms with Crippen LogP contribution in [0.3, 0.4) is 0 Å². The Kier molecular flexibility index (Phi) is 4.62. The molecule has 1 aliphatic rings. The molecule has 1 atom stereocenters. The summed E-state index contributed by atoms with van der Waals surface area (Å²) < 4.78 is 0. The highest BCUT2D eigenvalue weighted by Crippen LogP contribution is 2.34. The predicted octanol–water partition coefficient (Wildman–Crippen LogP) is 2.91. The number of thiophene rings is 1. The van der Waals surface area contributed by atoms with E-state index in [-0.39, 0.29) is 11.5 Å². The molecule has 0 bridgehead atoms. The van der Waals surface area contributed by atoms with Crippen molar-refractivity contribution >= 4 is 11.3 Å². The van der Waals surface area contributed by atoms with Crippen molar-refractivity contribution in [3.63, 3.8) is 0 Å². The summed E-state index contributed by atoms with van der Waals surface area (Å²) in [5, 5.41) is 12.9. The maximum absolute atomic E-state index is 9.53. The minimum Gasteiger partial charge on any atom is -0.315 e. The van der Waals surface area contributed by atoms with Gasteiger partial charge in [-0.2, -0.15) is 5.26 Å². The van der Waals surface area contributed by atoms with Crippen LogP contribution in [0.15, 0.2) is 12.1 Å². The van der Waals surface area contributed by atoms with Gasteiger partial charge in [0.15, 0.2) is 0 Å². The highest BCUT2D eigenvalue weighted by atomic mass is 32.1. The average Bonchev–Trinajstić information content (AvgIpc) is 2.68. The lowest BCUT2D eigenvalue weighted by molar-refractivity contribution is 0.255. The third-order valence-electron chi connectivity index (χ3n) is 3.50. The monoisotopic (exact) mass is 277 g/mol. The fraction of sp³-hybridized carbons (Fsp3) is 0.667. The Labute approximate surface area is 120 Å². The van der Waals surface area contributed by atoms with Gasteiger partial charge in [0.2, 0.25) is 0 Å². The summed E-state index contributed by atoms with van der Waals surface area (Å²) in [6.07, 6.45) is 1.12. The molecule has 0 radical (unpaired) electrons. The number of nitriles is 1. The quantitative estimate of drug-likeness (QED) is 0.903. The molecular formula is C15H23N3S. The van der Waals surface area contributed by atoms with Crippen molar-refractivity contribution in [2.24, 2.45) is 0 Å². The van der Waals surface area contributed by atoms with Gasteiger partial charge in [0.05, 0.1) is 6.07 Å². The molecule has 0 amide bonds. The topological polar surface area (TPSA) is 39.1 Å². The Bertz CT molecular complexity index is 445. The molecule has 1 fully saturated rings. The van der Waals surface area contributed by atoms with E-state index in [9.17, 15) is 5.26 Å². The number of hydrogen-bond donors (Lipinski definition) is 1. The van der Waals surface area contributed by atoms with Gasteiger partial charge in [0.1, 0.15) is 6.04 Å². The zero-order valence-corrected chi connectivity index (χ0v) is 12.9. The number of nitrogens with zero attached hydrogens (tertiary/aromatic N) is 2. The van der Waals surface area contributed by atoms with Crippen molar-refractivity contribution in [2.75, 3.05) is 26.2 Å². The molecule has 2 heterocycles. The summed E-state index contributed by atoms with van der Waals surface area (Å²) >= 11 is 1.79. The lowest BCUT2D eigenvalue weighted by Crippen LogP contribution is -2.31. The number of rotatable bonds is 2. The first kappa shape index (κ1) is 14.5. The van der Waals surface area contributed by atoms with Crippen LogP contribution in [-0.2, 0) is 5.41 Å². The van der Waals surface area contributed by atoms with Crippen LogP contribution in [0.5, 0.6) is 0 Å². The van der Waals surface area contributed by atoms with Crippen molar-refractivity contribution < 1.29 is 0 Å². The van der Waals surface area contributed by atoms with E-state index in [0.717, 1.165) is 32.6 Å². The van der Waals surface area contributed by atoms with Gasteiger partial charge >= 0.3 is 0 Å². The molecule has 0 aliphatic carbocycles. The molecule has 2 rings (SSSR count). The zero-order chi connectivity index (χ0) is 13.9. The normalized spacial score (nSPS) is 19.7. The minimum absolute atomic E-state index is 0.0824. The van der Waals surface area contributed by atoms with Crippen molar-refractivity contribution in [1.82, 2.24) is 10.2 Å². The second-order valence-corrected chi connectivity index (χ2v) is 7.24. The van der Waals surface area contributed by atoms with E-state index in [1.54, 1.807) is 11.3 Å². The largest absolute Gasteiger partial charge is 0.315 e. The van der Waals surface area contributed by atoms with Gasteiger partial charge in [-0.05, 0) is 30.5 Å². The van der Waals surface area contributed by atoms with Gasteiger partial charge in [0, 0.05) is 29.4 Å². The number of hydrogen-bond acceptors (Lipinski definition) is 4. The van der Waals surface area contributed by atoms with E-state index in [2.05, 4.69) is 49.2 Å². The summed E-state index contributed by atoms with van der Waals surface area (Å²) in [4.78, 5) is 4.85. The summed E-state index contributed by atoms with van der Waals surface area (Å²) in [5.74, 6) is 0. The van der Waals surface area contributed by atoms with Crippen LogP contribution < -0.4 is 5.32 Å². The van der Waals surface area contributed by atoms with E-state index in [0.29, 0.717) is 0 Å². The Hall–Kier alpha value is -0.890. The van der Waals surface area contributed by atoms with Crippen LogP contribution >= 0.6 is 11.3 Å². The molecule has 1 aromatic heterocycles. The smallest absolute Gasteiger partial charge is 0.133 e. The van der Waals surface area contributed by atoms with Crippen LogP contribution in [-0.4, -0.2) is 31.1 Å². The van der Waals surface area contributed by atoms with E-state index in [1.165, 1.54) is 9.75 Å². The van der Waals surface area contributed by atoms with Crippen molar-refractivity contribution in [3.8, 4) is 6.07 Å². The first-order valence-electron chi connectivity index (χ1n) is 6.97. The maximum atomic E-state index is 9.53. The average molecular weight is 277 g/mol. The summed E-state index contributed by atoms with van der Waals surface area (Å²) in [6, 6.07) is 6.72. The molecule has 19 heavy (non-hydrogen) atoms.